The van der Waals surface area contributed by atoms with E-state index in [1.807, 2.05) is 33.8 Å². The van der Waals surface area contributed by atoms with E-state index in [1.54, 1.807) is 6.08 Å². The lowest BCUT2D eigenvalue weighted by Gasteiger charge is -2.65. The lowest BCUT2D eigenvalue weighted by Crippen LogP contribution is -2.69. The molecule has 0 aromatic rings. The summed E-state index contributed by atoms with van der Waals surface area (Å²) in [5, 5.41) is 0. The van der Waals surface area contributed by atoms with Gasteiger partial charge >= 0.3 is 11.9 Å². The number of Topliss-reactive ketones (excluding diaryl/α,β-unsaturated/α-hetero) is 1. The van der Waals surface area contributed by atoms with Crippen molar-refractivity contribution in [3.05, 3.63) is 23.8 Å². The standard InChI is InChI=1S/C29H42O6/c1-17(2)11-12-21(34-19(4)30)16-27(6)14-9-10-23-28(7)15-13-22(32)18(3)24(28)25(35-20(5)31)26(33)29(23,27)8/h11,13,15,18,21,23-25H,9-10,12,14,16H2,1-8H3. The van der Waals surface area contributed by atoms with Crippen molar-refractivity contribution in [1.29, 1.82) is 0 Å². The third kappa shape index (κ3) is 4.65. The number of rotatable bonds is 6. The second-order valence-electron chi connectivity index (χ2n) is 12.0. The first-order valence-electron chi connectivity index (χ1n) is 12.9. The Hall–Kier alpha value is -2.24. The zero-order valence-electron chi connectivity index (χ0n) is 22.6. The molecule has 3 aliphatic rings. The Morgan fingerprint density at radius 2 is 1.77 bits per heavy atom. The predicted molar refractivity (Wildman–Crippen MR) is 133 cm³/mol. The summed E-state index contributed by atoms with van der Waals surface area (Å²) in [6, 6.07) is 0. The van der Waals surface area contributed by atoms with Gasteiger partial charge in [0.25, 0.3) is 0 Å². The van der Waals surface area contributed by atoms with Crippen LogP contribution in [-0.4, -0.2) is 35.7 Å². The molecule has 2 saturated carbocycles. The fraction of sp³-hybridized carbons (Fsp3) is 0.724. The van der Waals surface area contributed by atoms with Gasteiger partial charge in [-0.05, 0) is 55.9 Å². The van der Waals surface area contributed by atoms with E-state index in [-0.39, 0.29) is 29.6 Å². The first-order chi connectivity index (χ1) is 16.2. The molecule has 0 spiro atoms. The van der Waals surface area contributed by atoms with E-state index in [0.717, 1.165) is 24.8 Å². The summed E-state index contributed by atoms with van der Waals surface area (Å²) in [7, 11) is 0. The van der Waals surface area contributed by atoms with Crippen molar-refractivity contribution in [2.24, 2.45) is 34.0 Å². The molecule has 0 aromatic carbocycles. The van der Waals surface area contributed by atoms with Crippen LogP contribution in [0.4, 0.5) is 0 Å². The fourth-order valence-corrected chi connectivity index (χ4v) is 7.60. The SMILES string of the molecule is CC(=O)OC(CC=C(C)C)CC1(C)CCCC2C3(C)C=CC(=O)C(C)C3C(OC(C)=O)C(=O)C21C. The third-order valence-electron chi connectivity index (χ3n) is 9.42. The molecule has 35 heavy (non-hydrogen) atoms. The maximum Gasteiger partial charge on any atom is 0.303 e. The van der Waals surface area contributed by atoms with Crippen molar-refractivity contribution in [2.75, 3.05) is 0 Å². The van der Waals surface area contributed by atoms with Crippen molar-refractivity contribution >= 4 is 23.5 Å². The van der Waals surface area contributed by atoms with Crippen molar-refractivity contribution in [3.63, 3.8) is 0 Å². The Bertz CT molecular complexity index is 958. The second-order valence-corrected chi connectivity index (χ2v) is 12.0. The van der Waals surface area contributed by atoms with Gasteiger partial charge in [0.2, 0.25) is 0 Å². The summed E-state index contributed by atoms with van der Waals surface area (Å²) in [4.78, 5) is 51.2. The maximum absolute atomic E-state index is 14.4. The number of ether oxygens (including phenoxy) is 2. The van der Waals surface area contributed by atoms with Crippen LogP contribution in [-0.2, 0) is 28.7 Å². The van der Waals surface area contributed by atoms with E-state index >= 15 is 0 Å². The zero-order chi connectivity index (χ0) is 26.3. The van der Waals surface area contributed by atoms with E-state index in [9.17, 15) is 19.2 Å². The summed E-state index contributed by atoms with van der Waals surface area (Å²) in [5.74, 6) is -1.81. The van der Waals surface area contributed by atoms with Crippen molar-refractivity contribution in [2.45, 2.75) is 99.7 Å². The van der Waals surface area contributed by atoms with E-state index < -0.39 is 40.2 Å². The molecule has 0 radical (unpaired) electrons. The van der Waals surface area contributed by atoms with Gasteiger partial charge in [-0.1, -0.05) is 51.8 Å². The number of hydrogen-bond acceptors (Lipinski definition) is 6. The highest BCUT2D eigenvalue weighted by atomic mass is 16.5. The van der Waals surface area contributed by atoms with Crippen LogP contribution in [0.5, 0.6) is 0 Å². The van der Waals surface area contributed by atoms with Gasteiger partial charge in [0.15, 0.2) is 17.7 Å². The number of fused-ring (bicyclic) bond motifs is 3. The number of ketones is 2. The predicted octanol–water partition coefficient (Wildman–Crippen LogP) is 5.39. The third-order valence-corrected chi connectivity index (χ3v) is 9.42. The van der Waals surface area contributed by atoms with Gasteiger partial charge in [-0.25, -0.2) is 0 Å². The summed E-state index contributed by atoms with van der Waals surface area (Å²) >= 11 is 0. The topological polar surface area (TPSA) is 86.7 Å². The average molecular weight is 487 g/mol. The molecule has 3 rings (SSSR count). The van der Waals surface area contributed by atoms with Crippen LogP contribution >= 0.6 is 0 Å². The molecule has 0 heterocycles. The quantitative estimate of drug-likeness (QED) is 0.370. The van der Waals surface area contributed by atoms with Gasteiger partial charge < -0.3 is 9.47 Å². The van der Waals surface area contributed by atoms with Crippen molar-refractivity contribution in [1.82, 2.24) is 0 Å². The Morgan fingerprint density at radius 3 is 2.34 bits per heavy atom. The number of carbonyl (C=O) groups is 4. The summed E-state index contributed by atoms with van der Waals surface area (Å²) in [5.41, 5.74) is -0.628. The van der Waals surface area contributed by atoms with Gasteiger partial charge in [0.05, 0.1) is 0 Å². The molecule has 6 heteroatoms. The number of hydrogen-bond donors (Lipinski definition) is 0. The van der Waals surface area contributed by atoms with Crippen LogP contribution in [0.15, 0.2) is 23.8 Å². The molecule has 0 aliphatic heterocycles. The molecule has 0 amide bonds. The monoisotopic (exact) mass is 486 g/mol. The Balaban J connectivity index is 2.13. The minimum Gasteiger partial charge on any atom is -0.462 e. The van der Waals surface area contributed by atoms with Crippen LogP contribution < -0.4 is 0 Å². The summed E-state index contributed by atoms with van der Waals surface area (Å²) < 4.78 is 11.5. The molecule has 6 nitrogen and oxygen atoms in total. The number of esters is 2. The van der Waals surface area contributed by atoms with E-state index in [2.05, 4.69) is 19.9 Å². The van der Waals surface area contributed by atoms with Crippen LogP contribution in [0, 0.1) is 34.0 Å². The van der Waals surface area contributed by atoms with E-state index in [1.165, 1.54) is 13.8 Å². The van der Waals surface area contributed by atoms with Gasteiger partial charge in [-0.15, -0.1) is 0 Å². The van der Waals surface area contributed by atoms with Gasteiger partial charge in [-0.2, -0.15) is 0 Å². The molecular formula is C29H42O6. The van der Waals surface area contributed by atoms with Crippen molar-refractivity contribution < 1.29 is 28.7 Å². The molecule has 0 saturated heterocycles. The maximum atomic E-state index is 14.4. The molecule has 8 atom stereocenters. The Morgan fingerprint density at radius 1 is 1.11 bits per heavy atom. The first kappa shape index (κ1) is 27.3. The van der Waals surface area contributed by atoms with Crippen molar-refractivity contribution in [3.8, 4) is 0 Å². The normalized spacial score (nSPS) is 39.2. The Labute approximate surface area is 209 Å². The highest BCUT2D eigenvalue weighted by Gasteiger charge is 2.70. The first-order valence-corrected chi connectivity index (χ1v) is 12.9. The lowest BCUT2D eigenvalue weighted by molar-refractivity contribution is -0.206. The van der Waals surface area contributed by atoms with Gasteiger partial charge in [0, 0.05) is 37.5 Å². The minimum absolute atomic E-state index is 0.0220. The average Bonchev–Trinajstić information content (AvgIpc) is 2.74. The molecule has 8 unspecified atom stereocenters. The van der Waals surface area contributed by atoms with Gasteiger partial charge in [-0.3, -0.25) is 19.2 Å². The Kier molecular flexibility index (Phi) is 7.55. The molecule has 0 aromatic heterocycles. The van der Waals surface area contributed by atoms with Crippen LogP contribution in [0.2, 0.25) is 0 Å². The summed E-state index contributed by atoms with van der Waals surface area (Å²) in [6.45, 7) is 14.9. The smallest absolute Gasteiger partial charge is 0.303 e. The molecular weight excluding hydrogens is 444 g/mol. The number of allylic oxidation sites excluding steroid dienone is 3. The highest BCUT2D eigenvalue weighted by Crippen LogP contribution is 2.68. The fourth-order valence-electron chi connectivity index (χ4n) is 7.60. The van der Waals surface area contributed by atoms with Crippen LogP contribution in [0.25, 0.3) is 0 Å². The molecule has 0 bridgehead atoms. The van der Waals surface area contributed by atoms with Crippen LogP contribution in [0.3, 0.4) is 0 Å². The van der Waals surface area contributed by atoms with Gasteiger partial charge in [0.1, 0.15) is 6.10 Å². The van der Waals surface area contributed by atoms with E-state index in [4.69, 9.17) is 9.47 Å². The molecule has 2 fully saturated rings. The highest BCUT2D eigenvalue weighted by molar-refractivity contribution is 5.97. The van der Waals surface area contributed by atoms with E-state index in [0.29, 0.717) is 12.8 Å². The molecule has 0 N–H and O–H groups in total. The van der Waals surface area contributed by atoms with Crippen LogP contribution in [0.1, 0.15) is 87.5 Å². The summed E-state index contributed by atoms with van der Waals surface area (Å²) in [6.07, 6.45) is 8.11. The number of carbonyl (C=O) groups excluding carboxylic acids is 4. The zero-order valence-corrected chi connectivity index (χ0v) is 22.6. The largest absolute Gasteiger partial charge is 0.462 e. The lowest BCUT2D eigenvalue weighted by atomic mass is 9.38. The second kappa shape index (κ2) is 9.67. The molecule has 194 valence electrons. The minimum atomic E-state index is -0.981. The molecule has 3 aliphatic carbocycles.